The summed E-state index contributed by atoms with van der Waals surface area (Å²) in [6.45, 7) is 4.73. The Labute approximate surface area is 346 Å². The zero-order valence-corrected chi connectivity index (χ0v) is 35.0. The minimum atomic E-state index is -0.102. The molecule has 2 aliphatic rings. The molecule has 7 nitrogen and oxygen atoms in total. The van der Waals surface area contributed by atoms with Gasteiger partial charge in [-0.2, -0.15) is 0 Å². The zero-order valence-electron chi connectivity index (χ0n) is 33.3. The van der Waals surface area contributed by atoms with Gasteiger partial charge in [0.25, 0.3) is 5.91 Å². The summed E-state index contributed by atoms with van der Waals surface area (Å²) in [5.41, 5.74) is 8.84. The number of ether oxygens (including phenoxy) is 2. The summed E-state index contributed by atoms with van der Waals surface area (Å²) in [5.74, 6) is 1.56. The molecule has 0 aromatic heterocycles. The number of benzene rings is 5. The number of nitrogens with zero attached hydrogens (tertiary/aromatic N) is 2. The van der Waals surface area contributed by atoms with E-state index in [1.807, 2.05) is 50.1 Å². The molecule has 2 aliphatic heterocycles. The molecule has 1 amide bonds. The standard InChI is InChI=1S/C48H52N4O3S2/c1-51(2)24-10-15-36-28-37-13-5-7-16-44(37)56-46-21-19-40(31-41(36)46)55-33-35-12-9-11-34(27-35)32-49-22-23-50-48(53)39-18-20-47-42(29-39)43(54-26-25-52(3)4)30-38-14-6-8-17-45(38)57-47/h5-9,11-14,16-21,27-31,49H,10,15,22-26,32-33H2,1-4H3,(H,50,53). The van der Waals surface area contributed by atoms with Gasteiger partial charge in [-0.1, -0.05) is 84.2 Å². The maximum absolute atomic E-state index is 13.3. The van der Waals surface area contributed by atoms with E-state index >= 15 is 0 Å². The Balaban J connectivity index is 0.919. The highest BCUT2D eigenvalue weighted by Crippen LogP contribution is 2.44. The molecule has 2 heterocycles. The second kappa shape index (κ2) is 19.6. The van der Waals surface area contributed by atoms with Gasteiger partial charge in [-0.25, -0.2) is 0 Å². The summed E-state index contributed by atoms with van der Waals surface area (Å²) in [7, 11) is 8.33. The van der Waals surface area contributed by atoms with Crippen LogP contribution in [0.4, 0.5) is 0 Å². The summed E-state index contributed by atoms with van der Waals surface area (Å²) in [5, 5.41) is 6.58. The Morgan fingerprint density at radius 1 is 0.649 bits per heavy atom. The predicted octanol–water partition coefficient (Wildman–Crippen LogP) is 9.67. The summed E-state index contributed by atoms with van der Waals surface area (Å²) in [6.07, 6.45) is 6.56. The molecule has 57 heavy (non-hydrogen) atoms. The summed E-state index contributed by atoms with van der Waals surface area (Å²) in [6, 6.07) is 37.9. The average molecular weight is 797 g/mol. The molecule has 7 rings (SSSR count). The predicted molar refractivity (Wildman–Crippen MR) is 237 cm³/mol. The van der Waals surface area contributed by atoms with Gasteiger partial charge in [0.2, 0.25) is 0 Å². The molecule has 0 saturated heterocycles. The van der Waals surface area contributed by atoms with Crippen LogP contribution in [0.2, 0.25) is 0 Å². The lowest BCUT2D eigenvalue weighted by Gasteiger charge is -2.16. The van der Waals surface area contributed by atoms with Gasteiger partial charge in [-0.15, -0.1) is 0 Å². The third-order valence-corrected chi connectivity index (χ3v) is 12.2. The fourth-order valence-corrected chi connectivity index (χ4v) is 8.94. The highest BCUT2D eigenvalue weighted by molar-refractivity contribution is 7.99. The number of nitrogens with one attached hydrogen (secondary N) is 2. The number of hydrogen-bond acceptors (Lipinski definition) is 8. The maximum Gasteiger partial charge on any atom is 0.251 e. The first-order valence-corrected chi connectivity index (χ1v) is 21.3. The second-order valence-electron chi connectivity index (χ2n) is 14.9. The van der Waals surface area contributed by atoms with Crippen LogP contribution < -0.4 is 15.4 Å². The van der Waals surface area contributed by atoms with Crippen molar-refractivity contribution in [3.05, 3.63) is 148 Å². The molecule has 0 spiro atoms. The van der Waals surface area contributed by atoms with E-state index in [0.717, 1.165) is 59.0 Å². The Hall–Kier alpha value is -4.77. The molecule has 9 heteroatoms. The number of rotatable bonds is 17. The molecule has 0 unspecified atom stereocenters. The number of hydrogen-bond donors (Lipinski definition) is 2. The zero-order chi connectivity index (χ0) is 39.6. The SMILES string of the molecule is CN(C)CCCC1=Cc2ccccc2Sc2ccc(OCc3cccc(CNCCNC(=O)c4ccc5c(c4)C(OCCN(C)C)=Cc4ccccc4S5)c3)cc21. The van der Waals surface area contributed by atoms with Crippen LogP contribution in [0.5, 0.6) is 5.75 Å². The Bertz CT molecular complexity index is 2250. The van der Waals surface area contributed by atoms with E-state index in [4.69, 9.17) is 9.47 Å². The fraction of sp³-hybridized carbons (Fsp3) is 0.271. The van der Waals surface area contributed by atoms with Gasteiger partial charge in [-0.05, 0) is 142 Å². The lowest BCUT2D eigenvalue weighted by Crippen LogP contribution is -2.31. The number of amides is 1. The van der Waals surface area contributed by atoms with Crippen molar-refractivity contribution >= 4 is 52.9 Å². The van der Waals surface area contributed by atoms with E-state index in [9.17, 15) is 4.79 Å². The van der Waals surface area contributed by atoms with Crippen LogP contribution in [0.25, 0.3) is 23.5 Å². The molecule has 2 N–H and O–H groups in total. The fourth-order valence-electron chi connectivity index (χ4n) is 6.84. The molecule has 294 valence electrons. The third-order valence-electron chi connectivity index (χ3n) is 9.86. The highest BCUT2D eigenvalue weighted by atomic mass is 32.2. The van der Waals surface area contributed by atoms with Crippen LogP contribution in [-0.4, -0.2) is 76.7 Å². The van der Waals surface area contributed by atoms with Gasteiger partial charge in [0.1, 0.15) is 24.7 Å². The molecule has 5 aromatic carbocycles. The molecule has 0 bridgehead atoms. The van der Waals surface area contributed by atoms with E-state index in [2.05, 4.69) is 132 Å². The van der Waals surface area contributed by atoms with Crippen molar-refractivity contribution in [1.29, 1.82) is 0 Å². The summed E-state index contributed by atoms with van der Waals surface area (Å²) in [4.78, 5) is 22.5. The molecule has 0 aliphatic carbocycles. The van der Waals surface area contributed by atoms with Crippen molar-refractivity contribution in [3.63, 3.8) is 0 Å². The van der Waals surface area contributed by atoms with E-state index in [0.29, 0.717) is 38.4 Å². The molecule has 0 atom stereocenters. The number of likely N-dealkylation sites (N-methyl/N-ethyl adjacent to an activating group) is 1. The maximum atomic E-state index is 13.3. The average Bonchev–Trinajstić information content (AvgIpc) is 3.46. The molecule has 0 saturated carbocycles. The van der Waals surface area contributed by atoms with Gasteiger partial charge in [0, 0.05) is 56.9 Å². The quantitative estimate of drug-likeness (QED) is 0.0903. The Morgan fingerprint density at radius 2 is 1.35 bits per heavy atom. The van der Waals surface area contributed by atoms with Gasteiger partial charge in [0.15, 0.2) is 0 Å². The normalized spacial score (nSPS) is 13.0. The van der Waals surface area contributed by atoms with Crippen LogP contribution in [0.3, 0.4) is 0 Å². The van der Waals surface area contributed by atoms with E-state index in [1.165, 1.54) is 36.9 Å². The van der Waals surface area contributed by atoms with Crippen LogP contribution >= 0.6 is 23.5 Å². The van der Waals surface area contributed by atoms with Crippen molar-refractivity contribution in [2.45, 2.75) is 45.6 Å². The van der Waals surface area contributed by atoms with Gasteiger partial charge in [-0.3, -0.25) is 4.79 Å². The van der Waals surface area contributed by atoms with Crippen molar-refractivity contribution in [2.75, 3.05) is 61.0 Å². The first kappa shape index (κ1) is 40.4. The monoisotopic (exact) mass is 796 g/mol. The molecule has 0 radical (unpaired) electrons. The number of allylic oxidation sites excluding steroid dienone is 1. The highest BCUT2D eigenvalue weighted by Gasteiger charge is 2.20. The first-order chi connectivity index (χ1) is 27.8. The minimum Gasteiger partial charge on any atom is -0.492 e. The second-order valence-corrected chi connectivity index (χ2v) is 17.1. The Kier molecular flexibility index (Phi) is 13.9. The van der Waals surface area contributed by atoms with Crippen LogP contribution in [0.1, 0.15) is 56.6 Å². The van der Waals surface area contributed by atoms with Gasteiger partial charge < -0.3 is 29.9 Å². The van der Waals surface area contributed by atoms with Gasteiger partial charge in [0.05, 0.1) is 0 Å². The molecule has 5 aromatic rings. The van der Waals surface area contributed by atoms with Gasteiger partial charge >= 0.3 is 0 Å². The lowest BCUT2D eigenvalue weighted by atomic mass is 9.98. The summed E-state index contributed by atoms with van der Waals surface area (Å²) >= 11 is 3.54. The van der Waals surface area contributed by atoms with Crippen molar-refractivity contribution in [3.8, 4) is 5.75 Å². The molecular formula is C48H52N4O3S2. The third kappa shape index (κ3) is 11.0. The molecule has 0 fully saturated rings. The summed E-state index contributed by atoms with van der Waals surface area (Å²) < 4.78 is 12.7. The number of fused-ring (bicyclic) bond motifs is 4. The van der Waals surface area contributed by atoms with E-state index in [1.54, 1.807) is 11.8 Å². The van der Waals surface area contributed by atoms with E-state index in [-0.39, 0.29) is 5.91 Å². The topological polar surface area (TPSA) is 66.1 Å². The van der Waals surface area contributed by atoms with Crippen LogP contribution in [-0.2, 0) is 17.9 Å². The largest absolute Gasteiger partial charge is 0.492 e. The number of carbonyl (C=O) groups is 1. The van der Waals surface area contributed by atoms with E-state index < -0.39 is 0 Å². The Morgan fingerprint density at radius 3 is 2.12 bits per heavy atom. The van der Waals surface area contributed by atoms with Crippen molar-refractivity contribution in [2.24, 2.45) is 0 Å². The molecular weight excluding hydrogens is 745 g/mol. The van der Waals surface area contributed by atoms with Crippen LogP contribution in [0, 0.1) is 0 Å². The minimum absolute atomic E-state index is 0.102. The van der Waals surface area contributed by atoms with Crippen molar-refractivity contribution in [1.82, 2.24) is 20.4 Å². The first-order valence-electron chi connectivity index (χ1n) is 19.7. The number of carbonyl (C=O) groups excluding carboxylic acids is 1. The lowest BCUT2D eigenvalue weighted by molar-refractivity contribution is 0.0953. The van der Waals surface area contributed by atoms with Crippen molar-refractivity contribution < 1.29 is 14.3 Å². The smallest absolute Gasteiger partial charge is 0.251 e. The van der Waals surface area contributed by atoms with Crippen LogP contribution in [0.15, 0.2) is 129 Å².